The number of benzene rings is 1. The Morgan fingerprint density at radius 3 is 2.19 bits per heavy atom. The number of carboxylic acid groups (broad SMARTS) is 1. The molecule has 1 rings (SSSR count). The standard InChI is InChI=1S/C15H20N2O4/c1-3-13(18)16-11-5-4-6-12(9-11)17-14(19)7-10(2)8-15(20)21/h4-6,9-10H,3,7-8H2,1-2H3,(H,16,18)(H,17,19)(H,20,21). The van der Waals surface area contributed by atoms with E-state index in [1.54, 1.807) is 38.1 Å². The molecule has 1 atom stereocenters. The Morgan fingerprint density at radius 1 is 1.10 bits per heavy atom. The molecule has 1 unspecified atom stereocenters. The Labute approximate surface area is 123 Å². The largest absolute Gasteiger partial charge is 0.481 e. The highest BCUT2D eigenvalue weighted by molar-refractivity contribution is 5.94. The second-order valence-electron chi connectivity index (χ2n) is 4.94. The summed E-state index contributed by atoms with van der Waals surface area (Å²) in [6, 6.07) is 6.83. The number of carboxylic acids is 1. The van der Waals surface area contributed by atoms with E-state index < -0.39 is 5.97 Å². The molecule has 1 aromatic carbocycles. The van der Waals surface area contributed by atoms with Gasteiger partial charge in [0.1, 0.15) is 0 Å². The third-order valence-corrected chi connectivity index (χ3v) is 2.81. The molecule has 1 aromatic rings. The van der Waals surface area contributed by atoms with Crippen LogP contribution in [-0.4, -0.2) is 22.9 Å². The first kappa shape index (κ1) is 16.7. The number of hydrogen-bond acceptors (Lipinski definition) is 3. The van der Waals surface area contributed by atoms with Crippen LogP contribution in [0.1, 0.15) is 33.1 Å². The summed E-state index contributed by atoms with van der Waals surface area (Å²) in [7, 11) is 0. The van der Waals surface area contributed by atoms with Crippen molar-refractivity contribution in [3.05, 3.63) is 24.3 Å². The van der Waals surface area contributed by atoms with E-state index >= 15 is 0 Å². The van der Waals surface area contributed by atoms with Crippen LogP contribution >= 0.6 is 0 Å². The van der Waals surface area contributed by atoms with Gasteiger partial charge in [0.25, 0.3) is 0 Å². The fourth-order valence-corrected chi connectivity index (χ4v) is 1.82. The van der Waals surface area contributed by atoms with Crippen LogP contribution < -0.4 is 10.6 Å². The molecule has 0 bridgehead atoms. The van der Waals surface area contributed by atoms with Gasteiger partial charge in [0, 0.05) is 30.6 Å². The third kappa shape index (κ3) is 6.56. The van der Waals surface area contributed by atoms with Crippen molar-refractivity contribution in [3.8, 4) is 0 Å². The fourth-order valence-electron chi connectivity index (χ4n) is 1.82. The zero-order valence-corrected chi connectivity index (χ0v) is 12.2. The lowest BCUT2D eigenvalue weighted by molar-refractivity contribution is -0.138. The second-order valence-corrected chi connectivity index (χ2v) is 4.94. The summed E-state index contributed by atoms with van der Waals surface area (Å²) in [5, 5.41) is 14.1. The van der Waals surface area contributed by atoms with Crippen molar-refractivity contribution >= 4 is 29.2 Å². The van der Waals surface area contributed by atoms with Gasteiger partial charge in [0.2, 0.25) is 11.8 Å². The summed E-state index contributed by atoms with van der Waals surface area (Å²) in [5.41, 5.74) is 1.18. The number of hydrogen-bond donors (Lipinski definition) is 3. The van der Waals surface area contributed by atoms with Gasteiger partial charge in [0.05, 0.1) is 0 Å². The molecule has 0 aliphatic heterocycles. The van der Waals surface area contributed by atoms with Crippen molar-refractivity contribution in [2.75, 3.05) is 10.6 Å². The van der Waals surface area contributed by atoms with Crippen LogP contribution in [0, 0.1) is 5.92 Å². The van der Waals surface area contributed by atoms with Crippen molar-refractivity contribution in [1.29, 1.82) is 0 Å². The van der Waals surface area contributed by atoms with Gasteiger partial charge in [-0.25, -0.2) is 0 Å². The normalized spacial score (nSPS) is 11.5. The second kappa shape index (κ2) is 8.04. The molecule has 0 saturated carbocycles. The molecule has 114 valence electrons. The van der Waals surface area contributed by atoms with E-state index in [1.807, 2.05) is 0 Å². The van der Waals surface area contributed by atoms with Gasteiger partial charge in [-0.2, -0.15) is 0 Å². The molecule has 0 heterocycles. The van der Waals surface area contributed by atoms with E-state index in [0.717, 1.165) is 0 Å². The lowest BCUT2D eigenvalue weighted by Crippen LogP contribution is -2.17. The van der Waals surface area contributed by atoms with Crippen LogP contribution in [0.5, 0.6) is 0 Å². The van der Waals surface area contributed by atoms with E-state index in [2.05, 4.69) is 10.6 Å². The van der Waals surface area contributed by atoms with E-state index in [1.165, 1.54) is 0 Å². The summed E-state index contributed by atoms with van der Waals surface area (Å²) in [6.07, 6.45) is 0.473. The zero-order valence-electron chi connectivity index (χ0n) is 12.2. The number of rotatable bonds is 7. The highest BCUT2D eigenvalue weighted by atomic mass is 16.4. The maximum atomic E-state index is 11.8. The van der Waals surface area contributed by atoms with Gasteiger partial charge in [-0.15, -0.1) is 0 Å². The van der Waals surface area contributed by atoms with Crippen LogP contribution in [0.2, 0.25) is 0 Å². The maximum absolute atomic E-state index is 11.8. The quantitative estimate of drug-likeness (QED) is 0.719. The molecule has 0 spiro atoms. The Hall–Kier alpha value is -2.37. The zero-order chi connectivity index (χ0) is 15.8. The number of aliphatic carboxylic acids is 1. The third-order valence-electron chi connectivity index (χ3n) is 2.81. The molecule has 21 heavy (non-hydrogen) atoms. The average molecular weight is 292 g/mol. The Balaban J connectivity index is 2.58. The molecule has 6 heteroatoms. The molecular weight excluding hydrogens is 272 g/mol. The molecule has 0 aromatic heterocycles. The first-order valence-corrected chi connectivity index (χ1v) is 6.82. The topological polar surface area (TPSA) is 95.5 Å². The first-order valence-electron chi connectivity index (χ1n) is 6.82. The van der Waals surface area contributed by atoms with E-state index in [4.69, 9.17) is 5.11 Å². The highest BCUT2D eigenvalue weighted by Gasteiger charge is 2.13. The van der Waals surface area contributed by atoms with Gasteiger partial charge >= 0.3 is 5.97 Å². The Morgan fingerprint density at radius 2 is 1.67 bits per heavy atom. The summed E-state index contributed by atoms with van der Waals surface area (Å²) in [5.74, 6) is -1.50. The number of carbonyl (C=O) groups is 3. The van der Waals surface area contributed by atoms with E-state index in [0.29, 0.717) is 17.8 Å². The minimum Gasteiger partial charge on any atom is -0.481 e. The van der Waals surface area contributed by atoms with Crippen LogP contribution in [-0.2, 0) is 14.4 Å². The van der Waals surface area contributed by atoms with E-state index in [9.17, 15) is 14.4 Å². The van der Waals surface area contributed by atoms with Gasteiger partial charge in [-0.05, 0) is 24.1 Å². The number of nitrogens with one attached hydrogen (secondary N) is 2. The summed E-state index contributed by atoms with van der Waals surface area (Å²) < 4.78 is 0. The van der Waals surface area contributed by atoms with Crippen molar-refractivity contribution in [3.63, 3.8) is 0 Å². The van der Waals surface area contributed by atoms with Crippen LogP contribution in [0.15, 0.2) is 24.3 Å². The predicted molar refractivity (Wildman–Crippen MR) is 80.0 cm³/mol. The Kier molecular flexibility index (Phi) is 6.39. The molecule has 0 radical (unpaired) electrons. The molecule has 0 fully saturated rings. The smallest absolute Gasteiger partial charge is 0.303 e. The lowest BCUT2D eigenvalue weighted by Gasteiger charge is -2.11. The fraction of sp³-hybridized carbons (Fsp3) is 0.400. The first-order chi connectivity index (χ1) is 9.90. The maximum Gasteiger partial charge on any atom is 0.303 e. The van der Waals surface area contributed by atoms with Gasteiger partial charge in [-0.3, -0.25) is 14.4 Å². The van der Waals surface area contributed by atoms with Crippen LogP contribution in [0.3, 0.4) is 0 Å². The van der Waals surface area contributed by atoms with Crippen molar-refractivity contribution in [2.45, 2.75) is 33.1 Å². The molecule has 0 aliphatic carbocycles. The number of amides is 2. The lowest BCUT2D eigenvalue weighted by atomic mass is 10.0. The molecule has 0 saturated heterocycles. The monoisotopic (exact) mass is 292 g/mol. The molecule has 0 aliphatic rings. The average Bonchev–Trinajstić information content (AvgIpc) is 2.37. The highest BCUT2D eigenvalue weighted by Crippen LogP contribution is 2.16. The molecule has 6 nitrogen and oxygen atoms in total. The molecule has 2 amide bonds. The number of carbonyl (C=O) groups excluding carboxylic acids is 2. The molecular formula is C15H20N2O4. The van der Waals surface area contributed by atoms with Gasteiger partial charge in [0.15, 0.2) is 0 Å². The molecule has 3 N–H and O–H groups in total. The minimum absolute atomic E-state index is 0.0416. The predicted octanol–water partition coefficient (Wildman–Crippen LogP) is 2.47. The minimum atomic E-state index is -0.917. The van der Waals surface area contributed by atoms with Crippen LogP contribution in [0.25, 0.3) is 0 Å². The summed E-state index contributed by atoms with van der Waals surface area (Å²) in [6.45, 7) is 3.47. The summed E-state index contributed by atoms with van der Waals surface area (Å²) in [4.78, 5) is 33.7. The van der Waals surface area contributed by atoms with Gasteiger partial charge in [-0.1, -0.05) is 19.9 Å². The Bertz CT molecular complexity index is 528. The van der Waals surface area contributed by atoms with E-state index in [-0.39, 0.29) is 30.6 Å². The SMILES string of the molecule is CCC(=O)Nc1cccc(NC(=O)CC(C)CC(=O)O)c1. The van der Waals surface area contributed by atoms with Crippen molar-refractivity contribution in [1.82, 2.24) is 0 Å². The summed E-state index contributed by atoms with van der Waals surface area (Å²) >= 11 is 0. The van der Waals surface area contributed by atoms with Crippen molar-refractivity contribution in [2.24, 2.45) is 5.92 Å². The van der Waals surface area contributed by atoms with Crippen molar-refractivity contribution < 1.29 is 19.5 Å². The number of anilines is 2. The van der Waals surface area contributed by atoms with Crippen LogP contribution in [0.4, 0.5) is 11.4 Å². The van der Waals surface area contributed by atoms with Gasteiger partial charge < -0.3 is 15.7 Å².